The van der Waals surface area contributed by atoms with Crippen molar-refractivity contribution in [2.75, 3.05) is 14.1 Å². The van der Waals surface area contributed by atoms with Crippen LogP contribution in [0, 0.1) is 0 Å². The molecule has 0 spiro atoms. The predicted molar refractivity (Wildman–Crippen MR) is 56.0 cm³/mol. The monoisotopic (exact) mass is 197 g/mol. The van der Waals surface area contributed by atoms with Crippen LogP contribution in [0.1, 0.15) is 26.2 Å². The van der Waals surface area contributed by atoms with Crippen molar-refractivity contribution in [2.45, 2.75) is 38.4 Å². The molecule has 14 heavy (non-hydrogen) atoms. The smallest absolute Gasteiger partial charge is 0.251 e. The minimum atomic E-state index is -0.0194. The Morgan fingerprint density at radius 2 is 2.14 bits per heavy atom. The Morgan fingerprint density at radius 3 is 2.64 bits per heavy atom. The molecule has 1 amide bonds. The van der Waals surface area contributed by atoms with Crippen LogP contribution >= 0.6 is 0 Å². The second-order valence-electron chi connectivity index (χ2n) is 3.96. The fourth-order valence-corrected chi connectivity index (χ4v) is 1.48. The Labute approximate surface area is 85.7 Å². The van der Waals surface area contributed by atoms with Crippen molar-refractivity contribution in [3.63, 3.8) is 0 Å². The van der Waals surface area contributed by atoms with Gasteiger partial charge in [0.2, 0.25) is 0 Å². The maximum Gasteiger partial charge on any atom is 0.251 e. The van der Waals surface area contributed by atoms with Gasteiger partial charge in [-0.2, -0.15) is 0 Å². The van der Waals surface area contributed by atoms with E-state index >= 15 is 0 Å². The van der Waals surface area contributed by atoms with Crippen molar-refractivity contribution >= 4 is 5.91 Å². The summed E-state index contributed by atoms with van der Waals surface area (Å²) in [5.74, 6) is -0.0194. The number of rotatable bonds is 5. The van der Waals surface area contributed by atoms with E-state index in [9.17, 15) is 4.79 Å². The number of likely N-dealkylation sites (N-methyl/N-ethyl adjacent to an activating group) is 1. The topological polar surface area (TPSA) is 32.8 Å². The highest BCUT2D eigenvalue weighted by Crippen LogP contribution is 2.32. The number of carbonyl (C=O) groups excluding carboxylic acids is 1. The van der Waals surface area contributed by atoms with Gasteiger partial charge in [0.05, 0.1) is 6.10 Å². The fourth-order valence-electron chi connectivity index (χ4n) is 1.48. The van der Waals surface area contributed by atoms with Gasteiger partial charge in [-0.15, -0.1) is 0 Å². The third-order valence-electron chi connectivity index (χ3n) is 2.45. The molecule has 80 valence electrons. The molecular formula is C11H19NO2. The first-order valence-corrected chi connectivity index (χ1v) is 5.13. The van der Waals surface area contributed by atoms with Crippen molar-refractivity contribution in [3.8, 4) is 0 Å². The summed E-state index contributed by atoms with van der Waals surface area (Å²) in [4.78, 5) is 13.0. The van der Waals surface area contributed by atoms with E-state index in [1.54, 1.807) is 19.0 Å². The van der Waals surface area contributed by atoms with Crippen LogP contribution in [0.25, 0.3) is 0 Å². The van der Waals surface area contributed by atoms with E-state index in [1.165, 1.54) is 6.42 Å². The fraction of sp³-hybridized carbons (Fsp3) is 0.727. The third-order valence-corrected chi connectivity index (χ3v) is 2.45. The van der Waals surface area contributed by atoms with Crippen LogP contribution in [-0.2, 0) is 9.53 Å². The van der Waals surface area contributed by atoms with Gasteiger partial charge in [0, 0.05) is 19.7 Å². The lowest BCUT2D eigenvalue weighted by molar-refractivity contribution is -0.124. The van der Waals surface area contributed by atoms with Gasteiger partial charge in [0.25, 0.3) is 5.91 Å². The maximum atomic E-state index is 11.5. The van der Waals surface area contributed by atoms with Crippen LogP contribution in [-0.4, -0.2) is 37.1 Å². The number of epoxide rings is 1. The average molecular weight is 197 g/mol. The number of ether oxygens (including phenoxy) is 1. The molecule has 0 unspecified atom stereocenters. The summed E-state index contributed by atoms with van der Waals surface area (Å²) >= 11 is 0. The molecule has 0 bridgehead atoms. The quantitative estimate of drug-likeness (QED) is 0.495. The summed E-state index contributed by atoms with van der Waals surface area (Å²) in [5, 5.41) is 0. The van der Waals surface area contributed by atoms with Crippen molar-refractivity contribution in [1.29, 1.82) is 0 Å². The molecule has 0 saturated carbocycles. The number of unbranched alkanes of at least 4 members (excludes halogenated alkanes) is 1. The lowest BCUT2D eigenvalue weighted by Gasteiger charge is -2.10. The average Bonchev–Trinajstić information content (AvgIpc) is 2.91. The van der Waals surface area contributed by atoms with E-state index in [2.05, 4.69) is 13.5 Å². The molecule has 1 saturated heterocycles. The lowest BCUT2D eigenvalue weighted by Crippen LogP contribution is -2.25. The molecule has 0 aromatic carbocycles. The summed E-state index contributed by atoms with van der Waals surface area (Å²) in [6.45, 7) is 5.93. The lowest BCUT2D eigenvalue weighted by atomic mass is 10.1. The number of nitrogens with zero attached hydrogens (tertiary/aromatic N) is 1. The normalized spacial score (nSPS) is 24.5. The Balaban J connectivity index is 2.32. The molecule has 0 aromatic heterocycles. The SMILES string of the molecule is C=C(C(=O)N(C)C)[C@H]1O[C@@H]1CCCC. The minimum Gasteiger partial charge on any atom is -0.364 e. The summed E-state index contributed by atoms with van der Waals surface area (Å²) in [7, 11) is 3.47. The van der Waals surface area contributed by atoms with Gasteiger partial charge in [-0.25, -0.2) is 0 Å². The van der Waals surface area contributed by atoms with E-state index in [0.717, 1.165) is 12.8 Å². The molecule has 3 nitrogen and oxygen atoms in total. The largest absolute Gasteiger partial charge is 0.364 e. The second kappa shape index (κ2) is 4.60. The van der Waals surface area contributed by atoms with Crippen LogP contribution in [0.4, 0.5) is 0 Å². The molecule has 1 rings (SSSR count). The third kappa shape index (κ3) is 2.58. The Morgan fingerprint density at radius 1 is 1.50 bits per heavy atom. The first-order valence-electron chi connectivity index (χ1n) is 5.13. The predicted octanol–water partition coefficient (Wildman–Crippen LogP) is 1.59. The molecule has 1 aliphatic heterocycles. The Hall–Kier alpha value is -0.830. The standard InChI is InChI=1S/C11H19NO2/c1-5-6-7-9-10(14-9)8(2)11(13)12(3)4/h9-10H,2,5-7H2,1,3-4H3/t9-,10-/m1/s1. The molecule has 1 heterocycles. The van der Waals surface area contributed by atoms with Crippen molar-refractivity contribution in [2.24, 2.45) is 0 Å². The summed E-state index contributed by atoms with van der Waals surface area (Å²) in [6.07, 6.45) is 3.59. The van der Waals surface area contributed by atoms with Gasteiger partial charge in [-0.05, 0) is 6.42 Å². The van der Waals surface area contributed by atoms with E-state index in [0.29, 0.717) is 5.57 Å². The van der Waals surface area contributed by atoms with Gasteiger partial charge in [-0.3, -0.25) is 4.79 Å². The summed E-state index contributed by atoms with van der Waals surface area (Å²) in [6, 6.07) is 0. The summed E-state index contributed by atoms with van der Waals surface area (Å²) in [5.41, 5.74) is 0.594. The van der Waals surface area contributed by atoms with E-state index in [1.807, 2.05) is 0 Å². The number of hydrogen-bond donors (Lipinski definition) is 0. The Bertz CT molecular complexity index is 235. The van der Waals surface area contributed by atoms with Crippen molar-refractivity contribution in [1.82, 2.24) is 4.90 Å². The number of carbonyl (C=O) groups is 1. The summed E-state index contributed by atoms with van der Waals surface area (Å²) < 4.78 is 5.41. The first kappa shape index (κ1) is 11.2. The number of amides is 1. The zero-order chi connectivity index (χ0) is 10.7. The highest BCUT2D eigenvalue weighted by atomic mass is 16.6. The zero-order valence-corrected chi connectivity index (χ0v) is 9.25. The highest BCUT2D eigenvalue weighted by Gasteiger charge is 2.42. The molecule has 2 atom stereocenters. The Kier molecular flexibility index (Phi) is 3.69. The second-order valence-corrected chi connectivity index (χ2v) is 3.96. The van der Waals surface area contributed by atoms with Crippen LogP contribution < -0.4 is 0 Å². The van der Waals surface area contributed by atoms with Gasteiger partial charge in [0.1, 0.15) is 6.10 Å². The van der Waals surface area contributed by atoms with Gasteiger partial charge in [0.15, 0.2) is 0 Å². The molecule has 1 aliphatic rings. The van der Waals surface area contributed by atoms with E-state index < -0.39 is 0 Å². The molecule has 0 aliphatic carbocycles. The molecule has 0 aromatic rings. The molecule has 0 N–H and O–H groups in total. The van der Waals surface area contributed by atoms with E-state index in [4.69, 9.17) is 4.74 Å². The minimum absolute atomic E-state index is 0.0172. The highest BCUT2D eigenvalue weighted by molar-refractivity contribution is 5.94. The van der Waals surface area contributed by atoms with Gasteiger partial charge >= 0.3 is 0 Å². The molecule has 0 radical (unpaired) electrons. The number of hydrogen-bond acceptors (Lipinski definition) is 2. The van der Waals surface area contributed by atoms with Gasteiger partial charge < -0.3 is 9.64 Å². The van der Waals surface area contributed by atoms with Crippen molar-refractivity contribution < 1.29 is 9.53 Å². The van der Waals surface area contributed by atoms with Crippen LogP contribution in [0.2, 0.25) is 0 Å². The van der Waals surface area contributed by atoms with Crippen molar-refractivity contribution in [3.05, 3.63) is 12.2 Å². The molecule has 1 fully saturated rings. The zero-order valence-electron chi connectivity index (χ0n) is 9.25. The molecular weight excluding hydrogens is 178 g/mol. The first-order chi connectivity index (χ1) is 6.57. The van der Waals surface area contributed by atoms with E-state index in [-0.39, 0.29) is 18.1 Å². The van der Waals surface area contributed by atoms with Crippen LogP contribution in [0.3, 0.4) is 0 Å². The van der Waals surface area contributed by atoms with Gasteiger partial charge in [-0.1, -0.05) is 26.3 Å². The maximum absolute atomic E-state index is 11.5. The van der Waals surface area contributed by atoms with Crippen LogP contribution in [0.15, 0.2) is 12.2 Å². The van der Waals surface area contributed by atoms with Crippen LogP contribution in [0.5, 0.6) is 0 Å². The molecule has 3 heteroatoms.